The Hall–Kier alpha value is -1.50. The predicted molar refractivity (Wildman–Crippen MR) is 85.3 cm³/mol. The summed E-state index contributed by atoms with van der Waals surface area (Å²) in [5.74, 6) is 1.43. The zero-order valence-electron chi connectivity index (χ0n) is 13.1. The zero-order valence-corrected chi connectivity index (χ0v) is 13.9. The molecule has 0 bridgehead atoms. The topological polar surface area (TPSA) is 58.4 Å². The molecule has 2 aliphatic rings. The maximum absolute atomic E-state index is 12.9. The van der Waals surface area contributed by atoms with Gasteiger partial charge in [-0.2, -0.15) is 5.10 Å². The molecule has 120 valence electrons. The molecule has 0 spiro atoms. The van der Waals surface area contributed by atoms with Crippen LogP contribution in [-0.4, -0.2) is 61.7 Å². The van der Waals surface area contributed by atoms with Crippen molar-refractivity contribution >= 4 is 23.6 Å². The van der Waals surface area contributed by atoms with Crippen LogP contribution in [0.5, 0.6) is 0 Å². The molecule has 6 nitrogen and oxygen atoms in total. The third-order valence-electron chi connectivity index (χ3n) is 4.39. The van der Waals surface area contributed by atoms with Crippen LogP contribution in [0.4, 0.5) is 0 Å². The molecule has 7 heteroatoms. The van der Waals surface area contributed by atoms with Gasteiger partial charge in [-0.3, -0.25) is 14.3 Å². The van der Waals surface area contributed by atoms with E-state index in [1.807, 2.05) is 28.9 Å². The number of carbonyl (C=O) groups excluding carboxylic acids is 2. The van der Waals surface area contributed by atoms with Crippen LogP contribution in [-0.2, 0) is 16.1 Å². The van der Waals surface area contributed by atoms with E-state index in [-0.39, 0.29) is 23.9 Å². The summed E-state index contributed by atoms with van der Waals surface area (Å²) < 4.78 is 1.91. The van der Waals surface area contributed by atoms with E-state index >= 15 is 0 Å². The second-order valence-corrected chi connectivity index (χ2v) is 7.07. The first-order chi connectivity index (χ1) is 10.6. The van der Waals surface area contributed by atoms with E-state index in [0.29, 0.717) is 11.6 Å². The largest absolute Gasteiger partial charge is 0.336 e. The minimum absolute atomic E-state index is 0.0122. The van der Waals surface area contributed by atoms with Gasteiger partial charge in [-0.25, -0.2) is 0 Å². The van der Waals surface area contributed by atoms with Crippen molar-refractivity contribution in [3.8, 4) is 0 Å². The molecule has 2 atom stereocenters. The molecular weight excluding hydrogens is 300 g/mol. The van der Waals surface area contributed by atoms with Crippen LogP contribution < -0.4 is 0 Å². The number of nitrogens with zero attached hydrogens (tertiary/aromatic N) is 4. The molecule has 1 aromatic rings. The summed E-state index contributed by atoms with van der Waals surface area (Å²) in [4.78, 5) is 28.2. The monoisotopic (exact) mass is 322 g/mol. The second kappa shape index (κ2) is 6.32. The number of hydrogen-bond acceptors (Lipinski definition) is 4. The number of aryl methyl sites for hydroxylation is 1. The first kappa shape index (κ1) is 15.4. The van der Waals surface area contributed by atoms with Crippen LogP contribution in [0.25, 0.3) is 0 Å². The van der Waals surface area contributed by atoms with Crippen LogP contribution in [0.2, 0.25) is 0 Å². The van der Waals surface area contributed by atoms with Gasteiger partial charge in [-0.05, 0) is 25.3 Å². The van der Waals surface area contributed by atoms with Crippen LogP contribution in [0.3, 0.4) is 0 Å². The minimum Gasteiger partial charge on any atom is -0.336 e. The van der Waals surface area contributed by atoms with Crippen molar-refractivity contribution in [1.29, 1.82) is 0 Å². The third kappa shape index (κ3) is 2.99. The highest BCUT2D eigenvalue weighted by Gasteiger charge is 2.39. The highest BCUT2D eigenvalue weighted by atomic mass is 32.2. The Morgan fingerprint density at radius 2 is 2.23 bits per heavy atom. The molecule has 2 amide bonds. The van der Waals surface area contributed by atoms with Gasteiger partial charge in [-0.15, -0.1) is 11.8 Å². The molecule has 3 heterocycles. The maximum atomic E-state index is 12.9. The normalized spacial score (nSPS) is 25.0. The van der Waals surface area contributed by atoms with Gasteiger partial charge in [0.15, 0.2) is 0 Å². The first-order valence-electron chi connectivity index (χ1n) is 7.71. The molecular formula is C15H22N4O2S. The minimum atomic E-state index is -0.289. The Balaban J connectivity index is 1.69. The van der Waals surface area contributed by atoms with Crippen molar-refractivity contribution in [3.63, 3.8) is 0 Å². The predicted octanol–water partition coefficient (Wildman–Crippen LogP) is 1.10. The quantitative estimate of drug-likeness (QED) is 0.836. The number of likely N-dealkylation sites (tertiary alicyclic amines) is 1. The number of hydrogen-bond donors (Lipinski definition) is 0. The molecule has 2 aliphatic heterocycles. The van der Waals surface area contributed by atoms with Gasteiger partial charge in [0.05, 0.1) is 24.7 Å². The Labute approximate surface area is 134 Å². The number of amides is 2. The van der Waals surface area contributed by atoms with Crippen LogP contribution in [0.1, 0.15) is 25.3 Å². The molecule has 0 unspecified atom stereocenters. The van der Waals surface area contributed by atoms with Gasteiger partial charge in [0.1, 0.15) is 6.04 Å². The van der Waals surface area contributed by atoms with Crippen molar-refractivity contribution in [2.75, 3.05) is 18.2 Å². The molecule has 0 aliphatic carbocycles. The molecule has 2 fully saturated rings. The van der Waals surface area contributed by atoms with Gasteiger partial charge in [0.25, 0.3) is 0 Å². The van der Waals surface area contributed by atoms with Gasteiger partial charge < -0.3 is 9.80 Å². The Morgan fingerprint density at radius 3 is 2.91 bits per heavy atom. The van der Waals surface area contributed by atoms with Crippen LogP contribution in [0, 0.1) is 6.92 Å². The van der Waals surface area contributed by atoms with Crippen molar-refractivity contribution < 1.29 is 9.59 Å². The Morgan fingerprint density at radius 1 is 1.41 bits per heavy atom. The van der Waals surface area contributed by atoms with E-state index in [1.165, 1.54) is 0 Å². The lowest BCUT2D eigenvalue weighted by molar-refractivity contribution is -0.143. The Bertz CT molecular complexity index is 574. The second-order valence-electron chi connectivity index (χ2n) is 6.07. The van der Waals surface area contributed by atoms with Gasteiger partial charge in [-0.1, -0.05) is 0 Å². The smallest absolute Gasteiger partial charge is 0.246 e. The average Bonchev–Trinajstić information content (AvgIpc) is 3.19. The van der Waals surface area contributed by atoms with Gasteiger partial charge in [0, 0.05) is 25.4 Å². The van der Waals surface area contributed by atoms with Crippen LogP contribution >= 0.6 is 11.8 Å². The summed E-state index contributed by atoms with van der Waals surface area (Å²) in [5, 5.41) is 4.32. The highest BCUT2D eigenvalue weighted by Crippen LogP contribution is 2.26. The lowest BCUT2D eigenvalue weighted by atomic mass is 10.2. The highest BCUT2D eigenvalue weighted by molar-refractivity contribution is 7.99. The summed E-state index contributed by atoms with van der Waals surface area (Å²) in [6, 6.07) is -0.103. The van der Waals surface area contributed by atoms with Crippen molar-refractivity contribution in [2.45, 2.75) is 45.3 Å². The lowest BCUT2D eigenvalue weighted by Crippen LogP contribution is -2.50. The lowest BCUT2D eigenvalue weighted by Gasteiger charge is -2.30. The van der Waals surface area contributed by atoms with E-state index in [0.717, 1.165) is 31.5 Å². The van der Waals surface area contributed by atoms with Gasteiger partial charge in [0.2, 0.25) is 11.8 Å². The van der Waals surface area contributed by atoms with E-state index in [1.54, 1.807) is 23.6 Å². The van der Waals surface area contributed by atoms with E-state index in [9.17, 15) is 9.59 Å². The van der Waals surface area contributed by atoms with Crippen molar-refractivity contribution in [2.24, 2.45) is 0 Å². The van der Waals surface area contributed by atoms with Crippen LogP contribution in [0.15, 0.2) is 12.4 Å². The summed E-state index contributed by atoms with van der Waals surface area (Å²) in [5.41, 5.74) is 1.13. The molecule has 3 rings (SSSR count). The molecule has 1 aromatic heterocycles. The summed E-state index contributed by atoms with van der Waals surface area (Å²) >= 11 is 1.65. The molecule has 0 aromatic carbocycles. The number of thioether (sulfide) groups is 1. The molecule has 22 heavy (non-hydrogen) atoms. The SMILES string of the molecule is CC(=O)N1CSC[C@@H]1C(=O)N1CCC[C@H]1Cn1cc(C)cn1. The average molecular weight is 322 g/mol. The fourth-order valence-corrected chi connectivity index (χ4v) is 4.46. The van der Waals surface area contributed by atoms with E-state index < -0.39 is 0 Å². The summed E-state index contributed by atoms with van der Waals surface area (Å²) in [7, 11) is 0. The molecule has 0 saturated carbocycles. The number of carbonyl (C=O) groups is 2. The first-order valence-corrected chi connectivity index (χ1v) is 8.86. The van der Waals surface area contributed by atoms with Crippen molar-refractivity contribution in [1.82, 2.24) is 19.6 Å². The fourth-order valence-electron chi connectivity index (χ4n) is 3.25. The maximum Gasteiger partial charge on any atom is 0.246 e. The Kier molecular flexibility index (Phi) is 4.42. The summed E-state index contributed by atoms with van der Waals surface area (Å²) in [6.45, 7) is 5.08. The fraction of sp³-hybridized carbons (Fsp3) is 0.667. The number of aromatic nitrogens is 2. The molecule has 2 saturated heterocycles. The standard InChI is InChI=1S/C15H22N4O2S/c1-11-6-16-17(7-11)8-13-4-3-5-18(13)15(21)14-9-22-10-19(14)12(2)20/h6-7,13-14H,3-5,8-10H2,1-2H3/t13-,14+/m0/s1. The van der Waals surface area contributed by atoms with E-state index in [2.05, 4.69) is 5.10 Å². The molecule has 0 N–H and O–H groups in total. The third-order valence-corrected chi connectivity index (χ3v) is 5.40. The van der Waals surface area contributed by atoms with E-state index in [4.69, 9.17) is 0 Å². The molecule has 0 radical (unpaired) electrons. The number of rotatable bonds is 3. The van der Waals surface area contributed by atoms with Gasteiger partial charge >= 0.3 is 0 Å². The summed E-state index contributed by atoms with van der Waals surface area (Å²) in [6.07, 6.45) is 5.88. The van der Waals surface area contributed by atoms with Crippen molar-refractivity contribution in [3.05, 3.63) is 18.0 Å². The zero-order chi connectivity index (χ0) is 15.7.